The van der Waals surface area contributed by atoms with Crippen LogP contribution in [0.1, 0.15) is 48.0 Å². The quantitative estimate of drug-likeness (QED) is 0.674. The summed E-state index contributed by atoms with van der Waals surface area (Å²) in [7, 11) is 0. The highest BCUT2D eigenvalue weighted by Gasteiger charge is 2.17. The predicted molar refractivity (Wildman–Crippen MR) is 93.1 cm³/mol. The van der Waals surface area contributed by atoms with Gasteiger partial charge in [-0.25, -0.2) is 4.98 Å². The topological polar surface area (TPSA) is 34.4 Å². The fourth-order valence-corrected chi connectivity index (χ4v) is 2.61. The first-order valence-electron chi connectivity index (χ1n) is 7.91. The van der Waals surface area contributed by atoms with E-state index >= 15 is 0 Å². The molecule has 0 saturated heterocycles. The minimum atomic E-state index is 0.0174. The summed E-state index contributed by atoms with van der Waals surface area (Å²) >= 11 is 0. The summed E-state index contributed by atoms with van der Waals surface area (Å²) < 4.78 is 2.01. The molecule has 0 fully saturated rings. The van der Waals surface area contributed by atoms with Crippen LogP contribution >= 0.6 is 0 Å². The molecule has 0 bridgehead atoms. The van der Waals surface area contributed by atoms with Crippen molar-refractivity contribution < 1.29 is 4.79 Å². The van der Waals surface area contributed by atoms with E-state index in [1.54, 1.807) is 0 Å². The van der Waals surface area contributed by atoms with Crippen LogP contribution in [0.4, 0.5) is 0 Å². The fraction of sp³-hybridized carbons (Fsp3) is 0.300. The molecule has 0 spiro atoms. The van der Waals surface area contributed by atoms with Crippen LogP contribution in [0.2, 0.25) is 0 Å². The smallest absolute Gasteiger partial charge is 0.167 e. The van der Waals surface area contributed by atoms with Gasteiger partial charge in [0, 0.05) is 29.8 Å². The SMILES string of the molecule is Cc1cccc(C(=O)Cc2ccc3nc(C(C)(C)C)cn3c2)c1. The molecule has 0 atom stereocenters. The second-order valence-corrected chi connectivity index (χ2v) is 7.15. The lowest BCUT2D eigenvalue weighted by Crippen LogP contribution is -2.11. The molecule has 0 radical (unpaired) electrons. The number of pyridine rings is 1. The molecule has 3 rings (SSSR count). The van der Waals surface area contributed by atoms with Gasteiger partial charge >= 0.3 is 0 Å². The summed E-state index contributed by atoms with van der Waals surface area (Å²) in [5.41, 5.74) is 4.87. The van der Waals surface area contributed by atoms with Crippen molar-refractivity contribution in [3.05, 3.63) is 71.2 Å². The van der Waals surface area contributed by atoms with E-state index in [0.29, 0.717) is 6.42 Å². The number of hydrogen-bond acceptors (Lipinski definition) is 2. The molecule has 0 aliphatic heterocycles. The fourth-order valence-electron chi connectivity index (χ4n) is 2.61. The van der Waals surface area contributed by atoms with Gasteiger partial charge < -0.3 is 4.40 Å². The van der Waals surface area contributed by atoms with Gasteiger partial charge in [0.25, 0.3) is 0 Å². The Labute approximate surface area is 137 Å². The highest BCUT2D eigenvalue weighted by molar-refractivity contribution is 5.97. The van der Waals surface area contributed by atoms with Crippen molar-refractivity contribution in [2.24, 2.45) is 0 Å². The molecule has 118 valence electrons. The molecular formula is C20H22N2O. The maximum absolute atomic E-state index is 12.4. The maximum atomic E-state index is 12.4. The van der Waals surface area contributed by atoms with Crippen LogP contribution in [-0.4, -0.2) is 15.2 Å². The van der Waals surface area contributed by atoms with Crippen LogP contribution in [-0.2, 0) is 11.8 Å². The zero-order valence-corrected chi connectivity index (χ0v) is 14.1. The Morgan fingerprint density at radius 2 is 1.91 bits per heavy atom. The van der Waals surface area contributed by atoms with E-state index in [0.717, 1.165) is 28.0 Å². The second-order valence-electron chi connectivity index (χ2n) is 7.15. The number of imidazole rings is 1. The lowest BCUT2D eigenvalue weighted by Gasteiger charge is -2.13. The van der Waals surface area contributed by atoms with E-state index in [4.69, 9.17) is 0 Å². The van der Waals surface area contributed by atoms with Crippen LogP contribution in [0.15, 0.2) is 48.8 Å². The van der Waals surface area contributed by atoms with Crippen molar-refractivity contribution in [2.75, 3.05) is 0 Å². The predicted octanol–water partition coefficient (Wildman–Crippen LogP) is 4.37. The zero-order valence-electron chi connectivity index (χ0n) is 14.1. The highest BCUT2D eigenvalue weighted by atomic mass is 16.1. The van der Waals surface area contributed by atoms with Crippen LogP contribution in [0.5, 0.6) is 0 Å². The number of aryl methyl sites for hydroxylation is 1. The van der Waals surface area contributed by atoms with Gasteiger partial charge in [-0.1, -0.05) is 50.6 Å². The molecule has 1 aromatic carbocycles. The first kappa shape index (κ1) is 15.5. The Morgan fingerprint density at radius 1 is 1.13 bits per heavy atom. The van der Waals surface area contributed by atoms with Crippen molar-refractivity contribution in [1.82, 2.24) is 9.38 Å². The molecule has 2 aromatic heterocycles. The summed E-state index contributed by atoms with van der Waals surface area (Å²) in [6.45, 7) is 8.45. The summed E-state index contributed by atoms with van der Waals surface area (Å²) in [5, 5.41) is 0. The lowest BCUT2D eigenvalue weighted by molar-refractivity contribution is 0.0993. The number of ketones is 1. The maximum Gasteiger partial charge on any atom is 0.167 e. The van der Waals surface area contributed by atoms with Crippen LogP contribution in [0.25, 0.3) is 5.65 Å². The zero-order chi connectivity index (χ0) is 16.6. The number of aromatic nitrogens is 2. The van der Waals surface area contributed by atoms with Crippen molar-refractivity contribution in [1.29, 1.82) is 0 Å². The summed E-state index contributed by atoms with van der Waals surface area (Å²) in [6, 6.07) is 11.7. The molecule has 0 amide bonds. The number of carbonyl (C=O) groups is 1. The van der Waals surface area contributed by atoms with Gasteiger partial charge in [-0.15, -0.1) is 0 Å². The minimum Gasteiger partial charge on any atom is -0.307 e. The van der Waals surface area contributed by atoms with Gasteiger partial charge in [-0.3, -0.25) is 4.79 Å². The third kappa shape index (κ3) is 3.34. The van der Waals surface area contributed by atoms with Gasteiger partial charge in [0.05, 0.1) is 5.69 Å². The van der Waals surface area contributed by atoms with Gasteiger partial charge in [0.2, 0.25) is 0 Å². The van der Waals surface area contributed by atoms with Crippen molar-refractivity contribution in [3.8, 4) is 0 Å². The molecule has 0 unspecified atom stereocenters. The van der Waals surface area contributed by atoms with Gasteiger partial charge in [-0.05, 0) is 24.6 Å². The number of fused-ring (bicyclic) bond motifs is 1. The molecule has 0 aliphatic rings. The minimum absolute atomic E-state index is 0.0174. The van der Waals surface area contributed by atoms with E-state index < -0.39 is 0 Å². The van der Waals surface area contributed by atoms with Gasteiger partial charge in [0.15, 0.2) is 5.78 Å². The standard InChI is InChI=1S/C20H22N2O/c1-14-6-5-7-16(10-14)17(23)11-15-8-9-19-21-18(20(2,3)4)13-22(19)12-15/h5-10,12-13H,11H2,1-4H3. The van der Waals surface area contributed by atoms with Crippen LogP contribution in [0, 0.1) is 6.92 Å². The number of carbonyl (C=O) groups excluding carboxylic acids is 1. The number of rotatable bonds is 3. The third-order valence-electron chi connectivity index (χ3n) is 3.99. The summed E-state index contributed by atoms with van der Waals surface area (Å²) in [5.74, 6) is 0.143. The van der Waals surface area contributed by atoms with E-state index in [-0.39, 0.29) is 11.2 Å². The first-order chi connectivity index (χ1) is 10.8. The number of Topliss-reactive ketones (excluding diaryl/α,β-unsaturated/α-hetero) is 1. The molecule has 3 nitrogen and oxygen atoms in total. The van der Waals surface area contributed by atoms with E-state index in [1.807, 2.05) is 53.9 Å². The molecule has 3 heteroatoms. The Balaban J connectivity index is 1.87. The molecule has 3 aromatic rings. The normalized spacial score (nSPS) is 11.8. The first-order valence-corrected chi connectivity index (χ1v) is 7.91. The summed E-state index contributed by atoms with van der Waals surface area (Å²) in [6.07, 6.45) is 4.46. The lowest BCUT2D eigenvalue weighted by atomic mass is 9.93. The average molecular weight is 306 g/mol. The highest BCUT2D eigenvalue weighted by Crippen LogP contribution is 2.22. The largest absolute Gasteiger partial charge is 0.307 e. The van der Waals surface area contributed by atoms with Gasteiger partial charge in [-0.2, -0.15) is 0 Å². The monoisotopic (exact) mass is 306 g/mol. The summed E-state index contributed by atoms with van der Waals surface area (Å²) in [4.78, 5) is 17.1. The Kier molecular flexibility index (Phi) is 3.80. The Morgan fingerprint density at radius 3 is 2.61 bits per heavy atom. The average Bonchev–Trinajstić information content (AvgIpc) is 2.90. The number of benzene rings is 1. The Hall–Kier alpha value is -2.42. The second kappa shape index (κ2) is 5.65. The third-order valence-corrected chi connectivity index (χ3v) is 3.99. The number of hydrogen-bond donors (Lipinski definition) is 0. The molecule has 23 heavy (non-hydrogen) atoms. The molecule has 2 heterocycles. The molecule has 0 saturated carbocycles. The van der Waals surface area contributed by atoms with E-state index in [2.05, 4.69) is 32.0 Å². The van der Waals surface area contributed by atoms with Crippen molar-refractivity contribution in [2.45, 2.75) is 39.5 Å². The van der Waals surface area contributed by atoms with Crippen molar-refractivity contribution in [3.63, 3.8) is 0 Å². The van der Waals surface area contributed by atoms with Crippen LogP contribution < -0.4 is 0 Å². The molecular weight excluding hydrogens is 284 g/mol. The Bertz CT molecular complexity index is 869. The molecule has 0 N–H and O–H groups in total. The van der Waals surface area contributed by atoms with Crippen molar-refractivity contribution >= 4 is 11.4 Å². The van der Waals surface area contributed by atoms with E-state index in [9.17, 15) is 4.79 Å². The van der Waals surface area contributed by atoms with Gasteiger partial charge in [0.1, 0.15) is 5.65 Å². The van der Waals surface area contributed by atoms with E-state index in [1.165, 1.54) is 0 Å². The number of nitrogens with zero attached hydrogens (tertiary/aromatic N) is 2. The molecule has 0 aliphatic carbocycles. The van der Waals surface area contributed by atoms with Crippen LogP contribution in [0.3, 0.4) is 0 Å².